The lowest BCUT2D eigenvalue weighted by molar-refractivity contribution is -0.123. The zero-order valence-corrected chi connectivity index (χ0v) is 11.4. The molecule has 0 aliphatic carbocycles. The fourth-order valence-electron chi connectivity index (χ4n) is 1.69. The van der Waals surface area contributed by atoms with Gasteiger partial charge < -0.3 is 15.2 Å². The number of para-hydroxylation sites is 2. The third-order valence-corrected chi connectivity index (χ3v) is 2.82. The third kappa shape index (κ3) is 3.82. The van der Waals surface area contributed by atoms with Gasteiger partial charge in [-0.2, -0.15) is 0 Å². The van der Waals surface area contributed by atoms with Gasteiger partial charge in [-0.15, -0.1) is 0 Å². The molecule has 0 aliphatic heterocycles. The van der Waals surface area contributed by atoms with Gasteiger partial charge in [0.05, 0.1) is 0 Å². The molecule has 0 spiro atoms. The quantitative estimate of drug-likeness (QED) is 0.847. The van der Waals surface area contributed by atoms with Crippen molar-refractivity contribution in [3.05, 3.63) is 60.2 Å². The highest BCUT2D eigenvalue weighted by Gasteiger charge is 2.20. The smallest absolute Gasteiger partial charge is 0.342 e. The molecule has 2 aromatic carbocycles. The van der Waals surface area contributed by atoms with Crippen LogP contribution in [0.15, 0.2) is 54.6 Å². The van der Waals surface area contributed by atoms with E-state index in [0.717, 1.165) is 0 Å². The molecule has 0 unspecified atom stereocenters. The van der Waals surface area contributed by atoms with E-state index in [9.17, 15) is 14.7 Å². The summed E-state index contributed by atoms with van der Waals surface area (Å²) in [6.45, 7) is 1.47. The largest absolute Gasteiger partial charge is 0.507 e. The number of anilines is 1. The highest BCUT2D eigenvalue weighted by atomic mass is 16.5. The standard InChI is InChI=1S/C16H15NO4/c1-11(15(19)17-12-7-3-2-4-8-12)21-16(20)13-9-5-6-10-14(13)18/h2-11,18H,1H3,(H,17,19)/t11-/m0/s1. The number of aromatic hydroxyl groups is 1. The highest BCUT2D eigenvalue weighted by molar-refractivity contribution is 5.98. The summed E-state index contributed by atoms with van der Waals surface area (Å²) in [7, 11) is 0. The minimum atomic E-state index is -0.975. The molecule has 2 N–H and O–H groups in total. The van der Waals surface area contributed by atoms with E-state index in [0.29, 0.717) is 5.69 Å². The van der Waals surface area contributed by atoms with Gasteiger partial charge in [0.2, 0.25) is 0 Å². The van der Waals surface area contributed by atoms with Gasteiger partial charge in [-0.05, 0) is 31.2 Å². The second-order valence-electron chi connectivity index (χ2n) is 4.42. The van der Waals surface area contributed by atoms with E-state index >= 15 is 0 Å². The molecule has 2 rings (SSSR count). The van der Waals surface area contributed by atoms with Crippen molar-refractivity contribution in [1.82, 2.24) is 0 Å². The lowest BCUT2D eigenvalue weighted by Crippen LogP contribution is -2.30. The van der Waals surface area contributed by atoms with Gasteiger partial charge in [-0.25, -0.2) is 4.79 Å². The van der Waals surface area contributed by atoms with Gasteiger partial charge in [-0.1, -0.05) is 30.3 Å². The summed E-state index contributed by atoms with van der Waals surface area (Å²) in [4.78, 5) is 23.8. The Morgan fingerprint density at radius 3 is 2.33 bits per heavy atom. The molecule has 108 valence electrons. The lowest BCUT2D eigenvalue weighted by atomic mass is 10.2. The fraction of sp³-hybridized carbons (Fsp3) is 0.125. The third-order valence-electron chi connectivity index (χ3n) is 2.82. The fourth-order valence-corrected chi connectivity index (χ4v) is 1.69. The normalized spacial score (nSPS) is 11.5. The summed E-state index contributed by atoms with van der Waals surface area (Å²) in [6.07, 6.45) is -0.975. The van der Waals surface area contributed by atoms with E-state index in [1.807, 2.05) is 6.07 Å². The van der Waals surface area contributed by atoms with Crippen molar-refractivity contribution < 1.29 is 19.4 Å². The van der Waals surface area contributed by atoms with Crippen LogP contribution in [0.25, 0.3) is 0 Å². The highest BCUT2D eigenvalue weighted by Crippen LogP contribution is 2.17. The number of nitrogens with one attached hydrogen (secondary N) is 1. The minimum absolute atomic E-state index is 0.0249. The van der Waals surface area contributed by atoms with E-state index in [-0.39, 0.29) is 11.3 Å². The second-order valence-corrected chi connectivity index (χ2v) is 4.42. The molecule has 5 heteroatoms. The first-order valence-corrected chi connectivity index (χ1v) is 6.43. The zero-order chi connectivity index (χ0) is 15.2. The van der Waals surface area contributed by atoms with Gasteiger partial charge in [0, 0.05) is 5.69 Å². The number of phenolic OH excluding ortho intramolecular Hbond substituents is 1. The maximum atomic E-state index is 11.9. The SMILES string of the molecule is C[C@H](OC(=O)c1ccccc1O)C(=O)Nc1ccccc1. The van der Waals surface area contributed by atoms with Gasteiger partial charge in [-0.3, -0.25) is 4.79 Å². The number of hydrogen-bond donors (Lipinski definition) is 2. The van der Waals surface area contributed by atoms with Crippen LogP contribution in [-0.4, -0.2) is 23.1 Å². The Morgan fingerprint density at radius 2 is 1.67 bits per heavy atom. The van der Waals surface area contributed by atoms with Gasteiger partial charge in [0.25, 0.3) is 5.91 Å². The molecule has 0 aliphatic rings. The van der Waals surface area contributed by atoms with Crippen LogP contribution in [0.3, 0.4) is 0 Å². The monoisotopic (exact) mass is 285 g/mol. The van der Waals surface area contributed by atoms with E-state index in [1.165, 1.54) is 19.1 Å². The summed E-state index contributed by atoms with van der Waals surface area (Å²) in [6, 6.07) is 14.9. The molecular formula is C16H15NO4. The molecule has 0 saturated carbocycles. The predicted molar refractivity (Wildman–Crippen MR) is 78.1 cm³/mol. The number of hydrogen-bond acceptors (Lipinski definition) is 4. The number of phenols is 1. The maximum absolute atomic E-state index is 11.9. The summed E-state index contributed by atoms with van der Waals surface area (Å²) >= 11 is 0. The minimum Gasteiger partial charge on any atom is -0.507 e. The van der Waals surface area contributed by atoms with E-state index < -0.39 is 18.0 Å². The summed E-state index contributed by atoms with van der Waals surface area (Å²) in [5.74, 6) is -1.37. The van der Waals surface area contributed by atoms with Crippen LogP contribution in [0.1, 0.15) is 17.3 Å². The topological polar surface area (TPSA) is 75.6 Å². The first kappa shape index (κ1) is 14.6. The Bertz CT molecular complexity index is 640. The number of ether oxygens (including phenoxy) is 1. The van der Waals surface area contributed by atoms with Crippen LogP contribution < -0.4 is 5.32 Å². The molecule has 0 saturated heterocycles. The van der Waals surface area contributed by atoms with Gasteiger partial charge >= 0.3 is 5.97 Å². The maximum Gasteiger partial charge on any atom is 0.342 e. The van der Waals surface area contributed by atoms with Crippen LogP contribution in [0.4, 0.5) is 5.69 Å². The number of carbonyl (C=O) groups is 2. The van der Waals surface area contributed by atoms with Crippen LogP contribution >= 0.6 is 0 Å². The molecule has 0 fully saturated rings. The molecule has 0 heterocycles. The zero-order valence-electron chi connectivity index (χ0n) is 11.4. The van der Waals surface area contributed by atoms with Crippen molar-refractivity contribution in [2.75, 3.05) is 5.32 Å². The Hall–Kier alpha value is -2.82. The van der Waals surface area contributed by atoms with Crippen molar-refractivity contribution in [3.8, 4) is 5.75 Å². The van der Waals surface area contributed by atoms with Crippen LogP contribution in [0.2, 0.25) is 0 Å². The Morgan fingerprint density at radius 1 is 1.05 bits per heavy atom. The summed E-state index contributed by atoms with van der Waals surface area (Å²) in [5, 5.41) is 12.2. The van der Waals surface area contributed by atoms with Crippen molar-refractivity contribution in [2.24, 2.45) is 0 Å². The summed E-state index contributed by atoms with van der Waals surface area (Å²) < 4.78 is 5.04. The van der Waals surface area contributed by atoms with Crippen molar-refractivity contribution in [3.63, 3.8) is 0 Å². The van der Waals surface area contributed by atoms with Gasteiger partial charge in [0.1, 0.15) is 11.3 Å². The number of benzene rings is 2. The molecule has 5 nitrogen and oxygen atoms in total. The van der Waals surface area contributed by atoms with E-state index in [2.05, 4.69) is 5.32 Å². The number of esters is 1. The van der Waals surface area contributed by atoms with E-state index in [4.69, 9.17) is 4.74 Å². The first-order valence-electron chi connectivity index (χ1n) is 6.43. The first-order chi connectivity index (χ1) is 10.1. The molecule has 21 heavy (non-hydrogen) atoms. The molecule has 0 aromatic heterocycles. The predicted octanol–water partition coefficient (Wildman–Crippen LogP) is 2.58. The van der Waals surface area contributed by atoms with Crippen LogP contribution in [-0.2, 0) is 9.53 Å². The van der Waals surface area contributed by atoms with Crippen molar-refractivity contribution in [1.29, 1.82) is 0 Å². The van der Waals surface area contributed by atoms with Crippen LogP contribution in [0, 0.1) is 0 Å². The molecule has 1 amide bonds. The summed E-state index contributed by atoms with van der Waals surface area (Å²) in [5.41, 5.74) is 0.643. The Labute approximate surface area is 122 Å². The molecule has 2 aromatic rings. The van der Waals surface area contributed by atoms with Crippen LogP contribution in [0.5, 0.6) is 5.75 Å². The number of amides is 1. The van der Waals surface area contributed by atoms with Gasteiger partial charge in [0.15, 0.2) is 6.10 Å². The molecule has 0 radical (unpaired) electrons. The average Bonchev–Trinajstić information content (AvgIpc) is 2.48. The van der Waals surface area contributed by atoms with Crippen molar-refractivity contribution in [2.45, 2.75) is 13.0 Å². The Kier molecular flexibility index (Phi) is 4.56. The molecular weight excluding hydrogens is 270 g/mol. The number of carbonyl (C=O) groups excluding carboxylic acids is 2. The molecule has 1 atom stereocenters. The molecule has 0 bridgehead atoms. The lowest BCUT2D eigenvalue weighted by Gasteiger charge is -2.14. The van der Waals surface area contributed by atoms with E-state index in [1.54, 1.807) is 36.4 Å². The number of rotatable bonds is 4. The average molecular weight is 285 g/mol. The van der Waals surface area contributed by atoms with Crippen molar-refractivity contribution >= 4 is 17.6 Å². The second kappa shape index (κ2) is 6.56. The Balaban J connectivity index is 1.98.